The number of fused-ring (bicyclic) bond motifs is 3. The average molecular weight is 511 g/mol. The van der Waals surface area contributed by atoms with Gasteiger partial charge in [0.05, 0.1) is 5.41 Å². The quantitative estimate of drug-likeness (QED) is 0.518. The lowest BCUT2D eigenvalue weighted by Gasteiger charge is -2.37. The molecular formula is C32H38N4O2. The van der Waals surface area contributed by atoms with Gasteiger partial charge >= 0.3 is 0 Å². The fourth-order valence-corrected chi connectivity index (χ4v) is 7.00. The third kappa shape index (κ3) is 4.28. The summed E-state index contributed by atoms with van der Waals surface area (Å²) in [7, 11) is 0. The van der Waals surface area contributed by atoms with Crippen LogP contribution in [0.5, 0.6) is 0 Å². The van der Waals surface area contributed by atoms with Gasteiger partial charge in [-0.05, 0) is 74.1 Å². The minimum Gasteiger partial charge on any atom is -0.310 e. The first-order valence-electron chi connectivity index (χ1n) is 14.5. The van der Waals surface area contributed by atoms with Crippen molar-refractivity contribution in [2.24, 2.45) is 4.99 Å². The van der Waals surface area contributed by atoms with Crippen molar-refractivity contribution in [1.29, 1.82) is 0 Å². The Kier molecular flexibility index (Phi) is 6.67. The van der Waals surface area contributed by atoms with Crippen LogP contribution in [0.15, 0.2) is 47.6 Å². The highest BCUT2D eigenvalue weighted by Crippen LogP contribution is 2.46. The van der Waals surface area contributed by atoms with Gasteiger partial charge < -0.3 is 10.2 Å². The Morgan fingerprint density at radius 2 is 1.82 bits per heavy atom. The number of benzene rings is 1. The van der Waals surface area contributed by atoms with Crippen LogP contribution < -0.4 is 5.32 Å². The molecule has 0 bridgehead atoms. The SMILES string of the molecule is CCCCC1=NC2(CCCCCCC2)N(C/C=C/c2ccc3c(c2)C[C@@]2(C3)C(=O)Nc3ncccc32)C1=O. The molecule has 6 heteroatoms. The molecule has 0 saturated heterocycles. The molecule has 1 atom stereocenters. The number of aromatic nitrogens is 1. The predicted molar refractivity (Wildman–Crippen MR) is 151 cm³/mol. The zero-order chi connectivity index (χ0) is 26.2. The molecule has 2 aliphatic heterocycles. The molecule has 1 saturated carbocycles. The Bertz CT molecular complexity index is 1300. The van der Waals surface area contributed by atoms with Crippen LogP contribution in [0.2, 0.25) is 0 Å². The Hall–Kier alpha value is -3.28. The minimum absolute atomic E-state index is 0.0513. The lowest BCUT2D eigenvalue weighted by molar-refractivity contribution is -0.127. The molecule has 1 fully saturated rings. The van der Waals surface area contributed by atoms with Crippen molar-refractivity contribution in [2.45, 2.75) is 95.1 Å². The van der Waals surface area contributed by atoms with Crippen molar-refractivity contribution in [1.82, 2.24) is 9.88 Å². The lowest BCUT2D eigenvalue weighted by atomic mass is 9.79. The number of unbranched alkanes of at least 4 members (excludes halogenated alkanes) is 1. The number of aliphatic imine (C=N–C) groups is 1. The Morgan fingerprint density at radius 3 is 2.63 bits per heavy atom. The molecule has 198 valence electrons. The third-order valence-corrected chi connectivity index (χ3v) is 9.06. The van der Waals surface area contributed by atoms with E-state index in [1.165, 1.54) is 30.4 Å². The van der Waals surface area contributed by atoms with Gasteiger partial charge in [-0.2, -0.15) is 0 Å². The summed E-state index contributed by atoms with van der Waals surface area (Å²) >= 11 is 0. The predicted octanol–water partition coefficient (Wildman–Crippen LogP) is 6.00. The molecule has 2 amide bonds. The third-order valence-electron chi connectivity index (χ3n) is 9.06. The first-order valence-corrected chi connectivity index (χ1v) is 14.5. The number of carbonyl (C=O) groups is 2. The van der Waals surface area contributed by atoms with E-state index in [9.17, 15) is 9.59 Å². The Morgan fingerprint density at radius 1 is 1.03 bits per heavy atom. The molecule has 1 aromatic heterocycles. The molecule has 0 unspecified atom stereocenters. The Labute approximate surface area is 225 Å². The maximum absolute atomic E-state index is 13.5. The first-order chi connectivity index (χ1) is 18.5. The van der Waals surface area contributed by atoms with Gasteiger partial charge in [-0.15, -0.1) is 0 Å². The number of amides is 2. The van der Waals surface area contributed by atoms with Crippen LogP contribution in [0.3, 0.4) is 0 Å². The van der Waals surface area contributed by atoms with Crippen LogP contribution >= 0.6 is 0 Å². The molecule has 38 heavy (non-hydrogen) atoms. The summed E-state index contributed by atoms with van der Waals surface area (Å²) in [6.45, 7) is 2.75. The van der Waals surface area contributed by atoms with Gasteiger partial charge in [0, 0.05) is 18.3 Å². The molecule has 2 aliphatic carbocycles. The van der Waals surface area contributed by atoms with Crippen LogP contribution in [-0.2, 0) is 27.8 Å². The van der Waals surface area contributed by atoms with E-state index >= 15 is 0 Å². The van der Waals surface area contributed by atoms with E-state index < -0.39 is 5.41 Å². The highest BCUT2D eigenvalue weighted by Gasteiger charge is 2.51. The lowest BCUT2D eigenvalue weighted by Crippen LogP contribution is -2.47. The second-order valence-electron chi connectivity index (χ2n) is 11.5. The molecule has 1 N–H and O–H groups in total. The minimum atomic E-state index is -0.549. The van der Waals surface area contributed by atoms with E-state index in [0.717, 1.165) is 61.8 Å². The van der Waals surface area contributed by atoms with Crippen molar-refractivity contribution < 1.29 is 9.59 Å². The summed E-state index contributed by atoms with van der Waals surface area (Å²) in [5.41, 5.74) is 4.45. The fourth-order valence-electron chi connectivity index (χ4n) is 7.00. The zero-order valence-corrected chi connectivity index (χ0v) is 22.5. The number of anilines is 1. The second-order valence-corrected chi connectivity index (χ2v) is 11.5. The topological polar surface area (TPSA) is 74.7 Å². The van der Waals surface area contributed by atoms with Gasteiger partial charge in [-0.25, -0.2) is 4.98 Å². The van der Waals surface area contributed by atoms with Crippen LogP contribution in [-0.4, -0.2) is 39.6 Å². The smallest absolute Gasteiger partial charge is 0.270 e. The number of hydrogen-bond donors (Lipinski definition) is 1. The number of nitrogens with zero attached hydrogens (tertiary/aromatic N) is 3. The van der Waals surface area contributed by atoms with E-state index in [4.69, 9.17) is 4.99 Å². The van der Waals surface area contributed by atoms with Gasteiger partial charge in [-0.3, -0.25) is 14.6 Å². The highest BCUT2D eigenvalue weighted by atomic mass is 16.2. The Balaban J connectivity index is 1.20. The number of carbonyl (C=O) groups excluding carboxylic acids is 2. The van der Waals surface area contributed by atoms with Crippen molar-refractivity contribution in [3.05, 3.63) is 64.9 Å². The summed E-state index contributed by atoms with van der Waals surface area (Å²) in [4.78, 5) is 38.1. The van der Waals surface area contributed by atoms with Crippen LogP contribution in [0.1, 0.15) is 93.4 Å². The normalized spacial score (nSPS) is 24.0. The molecule has 2 aromatic rings. The average Bonchev–Trinajstić information content (AvgIpc) is 3.51. The van der Waals surface area contributed by atoms with Gasteiger partial charge in [0.25, 0.3) is 5.91 Å². The zero-order valence-electron chi connectivity index (χ0n) is 22.5. The molecule has 1 aromatic carbocycles. The highest BCUT2D eigenvalue weighted by molar-refractivity contribution is 6.40. The van der Waals surface area contributed by atoms with E-state index in [2.05, 4.69) is 52.5 Å². The first kappa shape index (κ1) is 25.0. The maximum Gasteiger partial charge on any atom is 0.270 e. The van der Waals surface area contributed by atoms with Crippen LogP contribution in [0, 0.1) is 0 Å². The van der Waals surface area contributed by atoms with Crippen molar-refractivity contribution in [3.63, 3.8) is 0 Å². The number of pyridine rings is 1. The van der Waals surface area contributed by atoms with E-state index in [-0.39, 0.29) is 17.5 Å². The monoisotopic (exact) mass is 510 g/mol. The van der Waals surface area contributed by atoms with E-state index in [1.54, 1.807) is 6.20 Å². The van der Waals surface area contributed by atoms with Crippen molar-refractivity contribution >= 4 is 29.4 Å². The maximum atomic E-state index is 13.5. The van der Waals surface area contributed by atoms with Crippen LogP contribution in [0.25, 0.3) is 6.08 Å². The number of nitrogens with one attached hydrogen (secondary N) is 1. The summed E-state index contributed by atoms with van der Waals surface area (Å²) in [5.74, 6) is 0.888. The molecule has 6 rings (SSSR count). The molecule has 0 radical (unpaired) electrons. The summed E-state index contributed by atoms with van der Waals surface area (Å²) < 4.78 is 0. The van der Waals surface area contributed by atoms with Gasteiger partial charge in [-0.1, -0.05) is 69.0 Å². The summed E-state index contributed by atoms with van der Waals surface area (Å²) in [6, 6.07) is 10.4. The second kappa shape index (κ2) is 10.1. The van der Waals surface area contributed by atoms with Crippen molar-refractivity contribution in [3.8, 4) is 0 Å². The molecule has 6 nitrogen and oxygen atoms in total. The van der Waals surface area contributed by atoms with Crippen molar-refractivity contribution in [2.75, 3.05) is 11.9 Å². The number of hydrogen-bond acceptors (Lipinski definition) is 4. The van der Waals surface area contributed by atoms with Gasteiger partial charge in [0.1, 0.15) is 17.2 Å². The summed E-state index contributed by atoms with van der Waals surface area (Å²) in [5, 5.41) is 2.99. The molecule has 2 spiro atoms. The van der Waals surface area contributed by atoms with Gasteiger partial charge in [0.15, 0.2) is 0 Å². The molecule has 4 aliphatic rings. The molecule has 3 heterocycles. The largest absolute Gasteiger partial charge is 0.310 e. The van der Waals surface area contributed by atoms with E-state index in [0.29, 0.717) is 25.2 Å². The number of rotatable bonds is 6. The van der Waals surface area contributed by atoms with Gasteiger partial charge in [0.2, 0.25) is 5.91 Å². The fraction of sp³-hybridized carbons (Fsp3) is 0.500. The van der Waals surface area contributed by atoms with E-state index in [1.807, 2.05) is 12.1 Å². The van der Waals surface area contributed by atoms with Crippen LogP contribution in [0.4, 0.5) is 5.82 Å². The summed E-state index contributed by atoms with van der Waals surface area (Å²) in [6.07, 6.45) is 18.2. The standard InChI is InChI=1S/C32H38N4O2/c1-2-3-13-27-29(37)36(32(35-27)16-7-5-4-6-8-17-32)19-10-11-23-14-15-24-21-31(22-25(24)20-23)26-12-9-18-33-28(26)34-30(31)38/h9-12,14-15,18,20H,2-8,13,16-17,19,21-22H2,1H3,(H,33,34,38)/b11-10+/t31-/m1/s1. The molecular weight excluding hydrogens is 472 g/mol.